The van der Waals surface area contributed by atoms with Crippen molar-refractivity contribution in [2.75, 3.05) is 12.3 Å². The van der Waals surface area contributed by atoms with Crippen LogP contribution in [0, 0.1) is 18.3 Å². The number of nitrogens with two attached hydrogens (primary N) is 1. The van der Waals surface area contributed by atoms with Crippen LogP contribution in [0.25, 0.3) is 22.4 Å². The van der Waals surface area contributed by atoms with E-state index in [1.165, 1.54) is 0 Å². The molecule has 0 amide bonds. The van der Waals surface area contributed by atoms with Crippen LogP contribution in [0.2, 0.25) is 0 Å². The minimum atomic E-state index is -0.447. The van der Waals surface area contributed by atoms with Crippen LogP contribution >= 0.6 is 0 Å². The minimum absolute atomic E-state index is 0.266. The fraction of sp³-hybridized carbons (Fsp3) is 0.261. The molecule has 0 fully saturated rings. The first-order valence-electron chi connectivity index (χ1n) is 9.57. The minimum Gasteiger partial charge on any atom is -0.461 e. The number of anilines is 1. The highest BCUT2D eigenvalue weighted by Crippen LogP contribution is 2.34. The van der Waals surface area contributed by atoms with Crippen LogP contribution < -0.4 is 5.73 Å². The molecule has 6 nitrogen and oxygen atoms in total. The molecule has 3 rings (SSSR count). The van der Waals surface area contributed by atoms with Gasteiger partial charge in [0.1, 0.15) is 11.8 Å². The molecule has 0 spiro atoms. The molecule has 1 aromatic carbocycles. The highest BCUT2D eigenvalue weighted by Gasteiger charge is 2.25. The number of benzene rings is 1. The monoisotopic (exact) mass is 390 g/mol. The van der Waals surface area contributed by atoms with Gasteiger partial charge in [0.25, 0.3) is 0 Å². The van der Waals surface area contributed by atoms with Crippen molar-refractivity contribution in [2.45, 2.75) is 27.7 Å². The van der Waals surface area contributed by atoms with Gasteiger partial charge in [0.15, 0.2) is 0 Å². The first kappa shape index (κ1) is 21.7. The number of rotatable bonds is 4. The third kappa shape index (κ3) is 4.14. The zero-order valence-electron chi connectivity index (χ0n) is 17.5. The lowest BCUT2D eigenvalue weighted by Crippen LogP contribution is -2.11. The maximum Gasteiger partial charge on any atom is 0.355 e. The van der Waals surface area contributed by atoms with Crippen molar-refractivity contribution < 1.29 is 9.53 Å². The molecule has 29 heavy (non-hydrogen) atoms. The van der Waals surface area contributed by atoms with E-state index in [4.69, 9.17) is 10.5 Å². The van der Waals surface area contributed by atoms with Crippen molar-refractivity contribution in [3.8, 4) is 28.5 Å². The number of carbonyl (C=O) groups is 1. The van der Waals surface area contributed by atoms with Gasteiger partial charge < -0.3 is 15.0 Å². The van der Waals surface area contributed by atoms with Crippen molar-refractivity contribution in [3.05, 3.63) is 59.5 Å². The number of nitriles is 1. The Morgan fingerprint density at radius 3 is 2.38 bits per heavy atom. The van der Waals surface area contributed by atoms with Gasteiger partial charge in [-0.05, 0) is 31.5 Å². The zero-order valence-corrected chi connectivity index (χ0v) is 17.5. The summed E-state index contributed by atoms with van der Waals surface area (Å²) in [5.41, 5.74) is 11.0. The molecule has 0 saturated heterocycles. The molecule has 6 heteroatoms. The molecule has 150 valence electrons. The number of carbonyl (C=O) groups excluding carboxylic acids is 1. The number of aromatic nitrogens is 2. The van der Waals surface area contributed by atoms with Crippen molar-refractivity contribution >= 4 is 11.7 Å². The summed E-state index contributed by atoms with van der Waals surface area (Å²) < 4.78 is 6.90. The molecule has 0 radical (unpaired) electrons. The third-order valence-corrected chi connectivity index (χ3v) is 4.55. The number of hydrogen-bond donors (Lipinski definition) is 1. The predicted molar refractivity (Wildman–Crippen MR) is 115 cm³/mol. The maximum absolute atomic E-state index is 12.5. The summed E-state index contributed by atoms with van der Waals surface area (Å²) >= 11 is 0. The molecule has 0 bridgehead atoms. The Bertz CT molecular complexity index is 1040. The lowest BCUT2D eigenvalue weighted by atomic mass is 9.98. The van der Waals surface area contributed by atoms with E-state index in [1.54, 1.807) is 36.9 Å². The van der Waals surface area contributed by atoms with Crippen LogP contribution in [0.1, 0.15) is 42.5 Å². The molecular formula is C23H26N4O2. The third-order valence-electron chi connectivity index (χ3n) is 4.55. The molecule has 0 unspecified atom stereocenters. The van der Waals surface area contributed by atoms with Crippen LogP contribution in [0.5, 0.6) is 0 Å². The van der Waals surface area contributed by atoms with Gasteiger partial charge in [-0.25, -0.2) is 4.79 Å². The average Bonchev–Trinajstić information content (AvgIpc) is 3.00. The van der Waals surface area contributed by atoms with Gasteiger partial charge in [-0.3, -0.25) is 4.98 Å². The van der Waals surface area contributed by atoms with E-state index in [0.29, 0.717) is 33.9 Å². The molecule has 2 heterocycles. The number of esters is 1. The van der Waals surface area contributed by atoms with Crippen LogP contribution in [-0.2, 0) is 11.8 Å². The van der Waals surface area contributed by atoms with E-state index in [-0.39, 0.29) is 6.61 Å². The summed E-state index contributed by atoms with van der Waals surface area (Å²) in [6.07, 6.45) is 1.69. The normalized spacial score (nSPS) is 9.93. The second-order valence-electron chi connectivity index (χ2n) is 6.09. The number of nitrogens with zero attached hydrogens (tertiary/aromatic N) is 3. The highest BCUT2D eigenvalue weighted by atomic mass is 16.5. The smallest absolute Gasteiger partial charge is 0.355 e. The molecule has 0 aliphatic carbocycles. The summed E-state index contributed by atoms with van der Waals surface area (Å²) in [5, 5.41) is 9.64. The average molecular weight is 390 g/mol. The Morgan fingerprint density at radius 2 is 1.83 bits per heavy atom. The maximum atomic E-state index is 12.5. The number of nitrogen functional groups attached to an aromatic ring is 1. The van der Waals surface area contributed by atoms with Crippen LogP contribution in [0.4, 0.5) is 5.69 Å². The SMILES string of the molecule is CC.CCOC(=O)c1c(-c2ccc(-c3ncccc3N)cc2)c(C#N)c(C)n1C. The predicted octanol–water partition coefficient (Wildman–Crippen LogP) is 4.72. The van der Waals surface area contributed by atoms with E-state index < -0.39 is 5.97 Å². The first-order chi connectivity index (χ1) is 14.0. The van der Waals surface area contributed by atoms with E-state index in [9.17, 15) is 10.1 Å². The Balaban J connectivity index is 0.00000145. The van der Waals surface area contributed by atoms with Crippen molar-refractivity contribution in [1.29, 1.82) is 5.26 Å². The van der Waals surface area contributed by atoms with Crippen molar-refractivity contribution in [3.63, 3.8) is 0 Å². The second kappa shape index (κ2) is 9.56. The lowest BCUT2D eigenvalue weighted by Gasteiger charge is -2.09. The van der Waals surface area contributed by atoms with Crippen LogP contribution in [0.15, 0.2) is 42.6 Å². The topological polar surface area (TPSA) is 93.9 Å². The largest absolute Gasteiger partial charge is 0.461 e. The zero-order chi connectivity index (χ0) is 21.6. The van der Waals surface area contributed by atoms with Gasteiger partial charge in [-0.15, -0.1) is 0 Å². The molecular weight excluding hydrogens is 364 g/mol. The van der Waals surface area contributed by atoms with Gasteiger partial charge in [-0.2, -0.15) is 5.26 Å². The van der Waals surface area contributed by atoms with E-state index >= 15 is 0 Å². The molecule has 0 atom stereocenters. The summed E-state index contributed by atoms with van der Waals surface area (Å²) in [4.78, 5) is 16.8. The van der Waals surface area contributed by atoms with Crippen LogP contribution in [-0.4, -0.2) is 22.1 Å². The summed E-state index contributed by atoms with van der Waals surface area (Å²) in [6.45, 7) is 7.83. The molecule has 0 saturated carbocycles. The fourth-order valence-corrected chi connectivity index (χ4v) is 3.11. The molecule has 0 aliphatic rings. The second-order valence-corrected chi connectivity index (χ2v) is 6.09. The molecule has 0 aliphatic heterocycles. The first-order valence-corrected chi connectivity index (χ1v) is 9.57. The van der Waals surface area contributed by atoms with Gasteiger partial charge >= 0.3 is 5.97 Å². The van der Waals surface area contributed by atoms with Gasteiger partial charge in [0.2, 0.25) is 0 Å². The molecule has 2 aromatic heterocycles. The number of hydrogen-bond acceptors (Lipinski definition) is 5. The summed E-state index contributed by atoms with van der Waals surface area (Å²) in [5.74, 6) is -0.447. The lowest BCUT2D eigenvalue weighted by molar-refractivity contribution is 0.0516. The molecule has 3 aromatic rings. The summed E-state index contributed by atoms with van der Waals surface area (Å²) in [6, 6.07) is 13.3. The van der Waals surface area contributed by atoms with E-state index in [1.807, 2.05) is 45.0 Å². The van der Waals surface area contributed by atoms with Crippen molar-refractivity contribution in [2.24, 2.45) is 7.05 Å². The standard InChI is InChI=1S/C21H20N4O2.C2H6/c1-4-27-21(26)20-18(16(12-22)13(2)25(20)3)14-7-9-15(10-8-14)19-17(23)6-5-11-24-19;1-2/h5-11H,4,23H2,1-3H3;1-2H3. The molecule has 2 N–H and O–H groups in total. The Hall–Kier alpha value is -3.59. The number of ether oxygens (including phenoxy) is 1. The van der Waals surface area contributed by atoms with E-state index in [0.717, 1.165) is 11.1 Å². The fourth-order valence-electron chi connectivity index (χ4n) is 3.11. The highest BCUT2D eigenvalue weighted by molar-refractivity contribution is 5.98. The summed E-state index contributed by atoms with van der Waals surface area (Å²) in [7, 11) is 1.76. The Morgan fingerprint density at radius 1 is 1.21 bits per heavy atom. The number of pyridine rings is 1. The van der Waals surface area contributed by atoms with Gasteiger partial charge in [-0.1, -0.05) is 38.1 Å². The van der Waals surface area contributed by atoms with Gasteiger partial charge in [0, 0.05) is 30.1 Å². The van der Waals surface area contributed by atoms with Crippen molar-refractivity contribution in [1.82, 2.24) is 9.55 Å². The van der Waals surface area contributed by atoms with E-state index in [2.05, 4.69) is 11.1 Å². The Kier molecular flexibility index (Phi) is 7.15. The quantitative estimate of drug-likeness (QED) is 0.651. The van der Waals surface area contributed by atoms with Gasteiger partial charge in [0.05, 0.1) is 23.6 Å². The van der Waals surface area contributed by atoms with Crippen LogP contribution in [0.3, 0.4) is 0 Å². The Labute approximate surface area is 171 Å².